The van der Waals surface area contributed by atoms with Gasteiger partial charge < -0.3 is 5.73 Å². The van der Waals surface area contributed by atoms with Crippen LogP contribution >= 0.6 is 0 Å². The molecule has 0 aliphatic heterocycles. The summed E-state index contributed by atoms with van der Waals surface area (Å²) in [5.74, 6) is -0.179. The molecule has 0 heterocycles. The number of Topliss-reactive ketones (excluding diaryl/α,β-unsaturated/α-hetero) is 2. The average Bonchev–Trinajstić information content (AvgIpc) is 2.85. The van der Waals surface area contributed by atoms with Gasteiger partial charge in [0.25, 0.3) is 0 Å². The first-order valence-electron chi connectivity index (χ1n) is 4.47. The second kappa shape index (κ2) is 3.81. The highest BCUT2D eigenvalue weighted by Gasteiger charge is 2.29. The number of hydrogen-bond donors (Lipinski definition) is 1. The van der Waals surface area contributed by atoms with E-state index in [1.807, 2.05) is 6.92 Å². The van der Waals surface area contributed by atoms with Gasteiger partial charge in [-0.3, -0.25) is 9.59 Å². The summed E-state index contributed by atoms with van der Waals surface area (Å²) in [6.07, 6.45) is 3.17. The van der Waals surface area contributed by atoms with Crippen LogP contribution in [0.3, 0.4) is 0 Å². The van der Waals surface area contributed by atoms with Crippen molar-refractivity contribution >= 4 is 11.6 Å². The summed E-state index contributed by atoms with van der Waals surface area (Å²) in [5, 5.41) is 0. The standard InChI is InChI=1S/C9H15NO2/c1-2-7(10)9(12)8(11)5-6-3-4-6/h6-7H,2-5,10H2,1H3. The fraction of sp³-hybridized carbons (Fsp3) is 0.778. The molecule has 3 heteroatoms. The monoisotopic (exact) mass is 169 g/mol. The normalized spacial score (nSPS) is 18.8. The third kappa shape index (κ3) is 2.41. The molecular formula is C9H15NO2. The number of ketones is 2. The van der Waals surface area contributed by atoms with E-state index in [2.05, 4.69) is 0 Å². The molecule has 1 saturated carbocycles. The lowest BCUT2D eigenvalue weighted by molar-refractivity contribution is -0.137. The van der Waals surface area contributed by atoms with E-state index in [1.54, 1.807) is 0 Å². The lowest BCUT2D eigenvalue weighted by Gasteiger charge is -2.04. The smallest absolute Gasteiger partial charge is 0.214 e. The summed E-state index contributed by atoms with van der Waals surface area (Å²) >= 11 is 0. The molecule has 12 heavy (non-hydrogen) atoms. The topological polar surface area (TPSA) is 60.2 Å². The van der Waals surface area contributed by atoms with Crippen LogP contribution in [0.4, 0.5) is 0 Å². The van der Waals surface area contributed by atoms with E-state index in [-0.39, 0.29) is 11.6 Å². The summed E-state index contributed by atoms with van der Waals surface area (Å²) in [6, 6.07) is -0.573. The number of carbonyl (C=O) groups is 2. The largest absolute Gasteiger partial charge is 0.321 e. The van der Waals surface area contributed by atoms with Crippen LogP contribution in [0.2, 0.25) is 0 Å². The van der Waals surface area contributed by atoms with Gasteiger partial charge in [-0.2, -0.15) is 0 Å². The Kier molecular flexibility index (Phi) is 2.98. The van der Waals surface area contributed by atoms with Gasteiger partial charge in [-0.25, -0.2) is 0 Å². The Bertz CT molecular complexity index is 197. The van der Waals surface area contributed by atoms with Crippen molar-refractivity contribution in [2.45, 2.75) is 38.6 Å². The summed E-state index contributed by atoms with van der Waals surface area (Å²) < 4.78 is 0. The van der Waals surface area contributed by atoms with E-state index in [0.717, 1.165) is 12.8 Å². The number of nitrogens with two attached hydrogens (primary N) is 1. The van der Waals surface area contributed by atoms with Gasteiger partial charge in [0.05, 0.1) is 6.04 Å². The van der Waals surface area contributed by atoms with Crippen LogP contribution in [0.15, 0.2) is 0 Å². The van der Waals surface area contributed by atoms with Gasteiger partial charge in [-0.1, -0.05) is 6.92 Å². The van der Waals surface area contributed by atoms with Gasteiger partial charge in [0.15, 0.2) is 5.78 Å². The molecule has 3 nitrogen and oxygen atoms in total. The third-order valence-electron chi connectivity index (χ3n) is 2.22. The van der Waals surface area contributed by atoms with Crippen LogP contribution in [0, 0.1) is 5.92 Å². The fourth-order valence-corrected chi connectivity index (χ4v) is 1.08. The molecule has 0 aromatic rings. The molecule has 1 unspecified atom stereocenters. The minimum atomic E-state index is -0.573. The lowest BCUT2D eigenvalue weighted by Crippen LogP contribution is -2.35. The van der Waals surface area contributed by atoms with Crippen molar-refractivity contribution < 1.29 is 9.59 Å². The van der Waals surface area contributed by atoms with Crippen molar-refractivity contribution in [3.8, 4) is 0 Å². The van der Waals surface area contributed by atoms with Gasteiger partial charge in [0, 0.05) is 6.42 Å². The maximum atomic E-state index is 11.2. The fourth-order valence-electron chi connectivity index (χ4n) is 1.08. The van der Waals surface area contributed by atoms with Gasteiger partial charge in [0.1, 0.15) is 0 Å². The van der Waals surface area contributed by atoms with Crippen LogP contribution in [-0.4, -0.2) is 17.6 Å². The Morgan fingerprint density at radius 1 is 1.50 bits per heavy atom. The first-order chi connectivity index (χ1) is 5.65. The van der Waals surface area contributed by atoms with Crippen molar-refractivity contribution in [1.29, 1.82) is 0 Å². The highest BCUT2D eigenvalue weighted by Crippen LogP contribution is 2.32. The van der Waals surface area contributed by atoms with Gasteiger partial charge >= 0.3 is 0 Å². The Balaban J connectivity index is 2.34. The predicted octanol–water partition coefficient (Wildman–Crippen LogP) is 0.662. The zero-order chi connectivity index (χ0) is 9.14. The zero-order valence-electron chi connectivity index (χ0n) is 7.38. The number of carbonyl (C=O) groups excluding carboxylic acids is 2. The average molecular weight is 169 g/mol. The molecule has 0 radical (unpaired) electrons. The molecule has 2 N–H and O–H groups in total. The summed E-state index contributed by atoms with van der Waals surface area (Å²) in [7, 11) is 0. The Labute approximate surface area is 72.3 Å². The highest BCUT2D eigenvalue weighted by molar-refractivity contribution is 6.39. The molecule has 0 aromatic carbocycles. The van der Waals surface area contributed by atoms with Crippen LogP contribution in [0.25, 0.3) is 0 Å². The second-order valence-corrected chi connectivity index (χ2v) is 3.45. The van der Waals surface area contributed by atoms with Crippen LogP contribution in [0.5, 0.6) is 0 Å². The minimum Gasteiger partial charge on any atom is -0.321 e. The van der Waals surface area contributed by atoms with Crippen LogP contribution in [0.1, 0.15) is 32.6 Å². The molecule has 1 aliphatic carbocycles. The molecule has 0 spiro atoms. The van der Waals surface area contributed by atoms with E-state index in [0.29, 0.717) is 18.8 Å². The molecule has 1 fully saturated rings. The van der Waals surface area contributed by atoms with Crippen molar-refractivity contribution in [1.82, 2.24) is 0 Å². The summed E-state index contributed by atoms with van der Waals surface area (Å²) in [4.78, 5) is 22.3. The maximum Gasteiger partial charge on any atom is 0.214 e. The van der Waals surface area contributed by atoms with Gasteiger partial charge in [0.2, 0.25) is 5.78 Å². The predicted molar refractivity (Wildman–Crippen MR) is 45.6 cm³/mol. The quantitative estimate of drug-likeness (QED) is 0.615. The van der Waals surface area contributed by atoms with Gasteiger partial charge in [-0.05, 0) is 25.2 Å². The lowest BCUT2D eigenvalue weighted by atomic mass is 10.0. The van der Waals surface area contributed by atoms with Gasteiger partial charge in [-0.15, -0.1) is 0 Å². The minimum absolute atomic E-state index is 0.271. The SMILES string of the molecule is CCC(N)C(=O)C(=O)CC1CC1. The second-order valence-electron chi connectivity index (χ2n) is 3.45. The number of rotatable bonds is 5. The van der Waals surface area contributed by atoms with Crippen LogP contribution < -0.4 is 5.73 Å². The van der Waals surface area contributed by atoms with E-state index >= 15 is 0 Å². The van der Waals surface area contributed by atoms with E-state index < -0.39 is 6.04 Å². The molecule has 1 rings (SSSR count). The Hall–Kier alpha value is -0.700. The molecule has 0 aromatic heterocycles. The van der Waals surface area contributed by atoms with Crippen molar-refractivity contribution in [3.05, 3.63) is 0 Å². The molecule has 1 aliphatic rings. The summed E-state index contributed by atoms with van der Waals surface area (Å²) in [5.41, 5.74) is 5.44. The first kappa shape index (κ1) is 9.39. The molecule has 0 amide bonds. The maximum absolute atomic E-state index is 11.2. The third-order valence-corrected chi connectivity index (χ3v) is 2.22. The Morgan fingerprint density at radius 3 is 2.50 bits per heavy atom. The number of hydrogen-bond acceptors (Lipinski definition) is 3. The van der Waals surface area contributed by atoms with Crippen molar-refractivity contribution in [3.63, 3.8) is 0 Å². The highest BCUT2D eigenvalue weighted by atomic mass is 16.2. The van der Waals surface area contributed by atoms with Crippen molar-refractivity contribution in [2.75, 3.05) is 0 Å². The first-order valence-corrected chi connectivity index (χ1v) is 4.47. The Morgan fingerprint density at radius 2 is 2.08 bits per heavy atom. The van der Waals surface area contributed by atoms with E-state index in [4.69, 9.17) is 5.73 Å². The summed E-state index contributed by atoms with van der Waals surface area (Å²) in [6.45, 7) is 1.81. The molecular weight excluding hydrogens is 154 g/mol. The molecule has 0 bridgehead atoms. The molecule has 1 atom stereocenters. The van der Waals surface area contributed by atoms with E-state index in [1.165, 1.54) is 0 Å². The zero-order valence-corrected chi connectivity index (χ0v) is 7.38. The van der Waals surface area contributed by atoms with E-state index in [9.17, 15) is 9.59 Å². The molecule has 68 valence electrons. The van der Waals surface area contributed by atoms with Crippen molar-refractivity contribution in [2.24, 2.45) is 11.7 Å². The molecule has 0 saturated heterocycles. The van der Waals surface area contributed by atoms with Crippen LogP contribution in [-0.2, 0) is 9.59 Å².